The molecule has 17 heteroatoms. The number of rotatable bonds is 8. The standard InChI is InChI=1S/C41H44FN9O6S/c1-23-25(3)43-36-20-33(46-50(36)38(23)52)35-16-13-26(22-49(35)40(54)27-10-6-5-7-11-27)18-30-24(2)39(53)51-37(44-30)21-32(45-51)34-12-8-9-17-48(34)41(55)29-15-14-28(42)19-31(29)47-58(4,56)57/h5-7,10-11,14-15,19-21,26,34-35,45-47H,8-9,12-13,16-18,22H2,1-4H3/t26?,34-,35-/m0/s1. The molecule has 2 amide bonds. The molecule has 15 nitrogen and oxygen atoms in total. The van der Waals surface area contributed by atoms with Gasteiger partial charge < -0.3 is 9.80 Å². The van der Waals surface area contributed by atoms with Gasteiger partial charge in [0.25, 0.3) is 22.9 Å². The minimum atomic E-state index is -3.81. The summed E-state index contributed by atoms with van der Waals surface area (Å²) in [5, 5.41) is 6.40. The van der Waals surface area contributed by atoms with E-state index < -0.39 is 27.8 Å². The molecule has 2 aromatic carbocycles. The van der Waals surface area contributed by atoms with Gasteiger partial charge in [-0.1, -0.05) is 18.2 Å². The molecule has 0 bridgehead atoms. The zero-order valence-electron chi connectivity index (χ0n) is 32.6. The molecule has 1 unspecified atom stereocenters. The number of aromatic nitrogens is 6. The number of benzene rings is 2. The summed E-state index contributed by atoms with van der Waals surface area (Å²) in [6.45, 7) is 6.02. The first-order valence-corrected chi connectivity index (χ1v) is 21.2. The Bertz CT molecular complexity index is 2830. The monoisotopic (exact) mass is 809 g/mol. The van der Waals surface area contributed by atoms with Crippen LogP contribution in [0.4, 0.5) is 10.1 Å². The Kier molecular flexibility index (Phi) is 10.0. The minimum absolute atomic E-state index is 0.0121. The Hall–Kier alpha value is -6.10. The lowest BCUT2D eigenvalue weighted by Crippen LogP contribution is -2.43. The van der Waals surface area contributed by atoms with Gasteiger partial charge in [-0.25, -0.2) is 31.8 Å². The summed E-state index contributed by atoms with van der Waals surface area (Å²) >= 11 is 0. The van der Waals surface area contributed by atoms with Crippen molar-refractivity contribution in [2.75, 3.05) is 24.1 Å². The molecule has 4 aromatic heterocycles. The number of nitrogens with zero attached hydrogens (tertiary/aromatic N) is 6. The minimum Gasteiger partial charge on any atom is -0.330 e. The van der Waals surface area contributed by atoms with E-state index >= 15 is 0 Å². The number of hydrogen-bond acceptors (Lipinski definition) is 8. The summed E-state index contributed by atoms with van der Waals surface area (Å²) in [7, 11) is -3.81. The Balaban J connectivity index is 1.08. The van der Waals surface area contributed by atoms with Crippen molar-refractivity contribution in [3.63, 3.8) is 0 Å². The number of nitrogens with one attached hydrogen (secondary N) is 3. The number of anilines is 1. The van der Waals surface area contributed by atoms with Crippen LogP contribution in [0.1, 0.15) is 98.8 Å². The molecule has 2 aliphatic heterocycles. The number of likely N-dealkylation sites (tertiary alicyclic amines) is 2. The fourth-order valence-corrected chi connectivity index (χ4v) is 8.94. The van der Waals surface area contributed by atoms with Crippen LogP contribution in [-0.2, 0) is 16.4 Å². The third-order valence-electron chi connectivity index (χ3n) is 11.5. The first-order valence-electron chi connectivity index (χ1n) is 19.3. The lowest BCUT2D eigenvalue weighted by molar-refractivity contribution is 0.0520. The van der Waals surface area contributed by atoms with Gasteiger partial charge in [-0.3, -0.25) is 34.1 Å². The summed E-state index contributed by atoms with van der Waals surface area (Å²) in [4.78, 5) is 68.1. The van der Waals surface area contributed by atoms with Gasteiger partial charge in [-0.2, -0.15) is 0 Å². The quantitative estimate of drug-likeness (QED) is 0.192. The van der Waals surface area contributed by atoms with Crippen LogP contribution in [0.15, 0.2) is 70.3 Å². The second-order valence-corrected chi connectivity index (χ2v) is 17.2. The number of piperidine rings is 2. The molecule has 0 spiro atoms. The summed E-state index contributed by atoms with van der Waals surface area (Å²) in [5.74, 6) is -1.35. The van der Waals surface area contributed by atoms with Gasteiger partial charge in [0.05, 0.1) is 46.7 Å². The topological polar surface area (TPSA) is 187 Å². The highest BCUT2D eigenvalue weighted by atomic mass is 32.2. The van der Waals surface area contributed by atoms with E-state index in [2.05, 4.69) is 19.9 Å². The first kappa shape index (κ1) is 38.8. The van der Waals surface area contributed by atoms with E-state index in [9.17, 15) is 32.0 Å². The third-order valence-corrected chi connectivity index (χ3v) is 12.1. The molecule has 2 aliphatic rings. The molecule has 0 radical (unpaired) electrons. The van der Waals surface area contributed by atoms with Crippen LogP contribution in [-0.4, -0.2) is 78.6 Å². The average Bonchev–Trinajstić information content (AvgIpc) is 3.83. The van der Waals surface area contributed by atoms with Crippen LogP contribution in [0.25, 0.3) is 11.3 Å². The maximum absolute atomic E-state index is 14.2. The second kappa shape index (κ2) is 15.0. The molecule has 6 heterocycles. The highest BCUT2D eigenvalue weighted by Crippen LogP contribution is 2.37. The summed E-state index contributed by atoms with van der Waals surface area (Å²) in [5.41, 5.74) is 4.36. The molecule has 2 saturated heterocycles. The maximum atomic E-state index is 14.2. The third kappa shape index (κ3) is 7.29. The van der Waals surface area contributed by atoms with Crippen molar-refractivity contribution in [1.29, 1.82) is 0 Å². The van der Waals surface area contributed by atoms with Crippen LogP contribution < -0.4 is 15.8 Å². The number of sulfonamides is 1. The van der Waals surface area contributed by atoms with Gasteiger partial charge in [0.1, 0.15) is 5.82 Å². The Labute approximate surface area is 332 Å². The Morgan fingerprint density at radius 1 is 0.810 bits per heavy atom. The molecule has 58 heavy (non-hydrogen) atoms. The Morgan fingerprint density at radius 2 is 1.47 bits per heavy atom. The van der Waals surface area contributed by atoms with Gasteiger partial charge >= 0.3 is 0 Å². The molecule has 0 aliphatic carbocycles. The molecule has 3 N–H and O–H groups in total. The van der Waals surface area contributed by atoms with Crippen LogP contribution >= 0.6 is 0 Å². The number of aromatic amines is 2. The van der Waals surface area contributed by atoms with E-state index in [1.165, 1.54) is 15.1 Å². The van der Waals surface area contributed by atoms with E-state index in [1.54, 1.807) is 43.9 Å². The number of hydrogen-bond donors (Lipinski definition) is 3. The number of fused-ring (bicyclic) bond motifs is 2. The van der Waals surface area contributed by atoms with E-state index in [4.69, 9.17) is 4.98 Å². The van der Waals surface area contributed by atoms with Crippen LogP contribution in [0.3, 0.4) is 0 Å². The van der Waals surface area contributed by atoms with Crippen LogP contribution in [0.2, 0.25) is 0 Å². The van der Waals surface area contributed by atoms with Crippen LogP contribution in [0, 0.1) is 32.5 Å². The van der Waals surface area contributed by atoms with Crippen molar-refractivity contribution >= 4 is 38.8 Å². The normalized spacial score (nSPS) is 18.9. The second-order valence-electron chi connectivity index (χ2n) is 15.5. The highest BCUT2D eigenvalue weighted by Gasteiger charge is 2.36. The van der Waals surface area contributed by atoms with E-state index in [0.29, 0.717) is 89.5 Å². The first-order chi connectivity index (χ1) is 27.7. The van der Waals surface area contributed by atoms with E-state index in [1.807, 2.05) is 29.2 Å². The molecular weight excluding hydrogens is 766 g/mol. The lowest BCUT2D eigenvalue weighted by Gasteiger charge is -2.39. The number of amides is 2. The molecule has 0 saturated carbocycles. The maximum Gasteiger partial charge on any atom is 0.275 e. The highest BCUT2D eigenvalue weighted by molar-refractivity contribution is 7.92. The fraction of sp³-hybridized carbons (Fsp3) is 0.366. The van der Waals surface area contributed by atoms with Crippen molar-refractivity contribution in [3.8, 4) is 0 Å². The zero-order chi connectivity index (χ0) is 41.0. The number of carbonyl (C=O) groups excluding carboxylic acids is 2. The predicted octanol–water partition coefficient (Wildman–Crippen LogP) is 5.00. The molecule has 302 valence electrons. The van der Waals surface area contributed by atoms with E-state index in [0.717, 1.165) is 31.2 Å². The van der Waals surface area contributed by atoms with E-state index in [-0.39, 0.29) is 40.2 Å². The lowest BCUT2D eigenvalue weighted by atomic mass is 9.87. The number of H-pyrrole nitrogens is 2. The SMILES string of the molecule is Cc1nc2cc([C@@H]3CCC(Cc4nc5cc([C@@H]6CCCCN6C(=O)c6ccc(F)cc6NS(C)(=O)=O)[nH]n5c(=O)c4C)CN3C(=O)c3ccccc3)[nH]n2c(=O)c1C. The van der Waals surface area contributed by atoms with Gasteiger partial charge in [0, 0.05) is 47.6 Å². The van der Waals surface area contributed by atoms with Crippen molar-refractivity contribution in [2.45, 2.75) is 71.4 Å². The molecular formula is C41H44FN9O6S. The van der Waals surface area contributed by atoms with Gasteiger partial charge in [0.15, 0.2) is 11.3 Å². The van der Waals surface area contributed by atoms with Gasteiger partial charge in [0.2, 0.25) is 10.0 Å². The fourth-order valence-electron chi connectivity index (χ4n) is 8.37. The number of aryl methyl sites for hydroxylation is 1. The molecule has 8 rings (SSSR count). The Morgan fingerprint density at radius 3 is 2.16 bits per heavy atom. The average molecular weight is 810 g/mol. The van der Waals surface area contributed by atoms with Crippen molar-refractivity contribution < 1.29 is 22.4 Å². The van der Waals surface area contributed by atoms with Gasteiger partial charge in [-0.15, -0.1) is 0 Å². The van der Waals surface area contributed by atoms with Crippen molar-refractivity contribution in [1.82, 2.24) is 39.0 Å². The molecule has 6 aromatic rings. The zero-order valence-corrected chi connectivity index (χ0v) is 33.4. The molecule has 2 fully saturated rings. The summed E-state index contributed by atoms with van der Waals surface area (Å²) in [6.07, 6.45) is 4.77. The summed E-state index contributed by atoms with van der Waals surface area (Å²) in [6, 6.07) is 15.2. The van der Waals surface area contributed by atoms with Gasteiger partial charge in [-0.05, 0) is 95.5 Å². The number of halogens is 1. The molecule has 3 atom stereocenters. The van der Waals surface area contributed by atoms with Crippen molar-refractivity contribution in [3.05, 3.63) is 132 Å². The predicted molar refractivity (Wildman–Crippen MR) is 215 cm³/mol. The largest absolute Gasteiger partial charge is 0.330 e. The summed E-state index contributed by atoms with van der Waals surface area (Å²) < 4.78 is 43.4. The van der Waals surface area contributed by atoms with Crippen LogP contribution in [0.5, 0.6) is 0 Å². The smallest absolute Gasteiger partial charge is 0.275 e. The van der Waals surface area contributed by atoms with Crippen molar-refractivity contribution in [2.24, 2.45) is 5.92 Å². The number of carbonyl (C=O) groups is 2.